The summed E-state index contributed by atoms with van der Waals surface area (Å²) in [6.45, 7) is 2.94. The van der Waals surface area contributed by atoms with Crippen molar-refractivity contribution < 1.29 is 4.39 Å². The predicted octanol–water partition coefficient (Wildman–Crippen LogP) is 5.34. The molecule has 0 spiro atoms. The summed E-state index contributed by atoms with van der Waals surface area (Å²) in [7, 11) is 0. The maximum atomic E-state index is 14.4. The van der Waals surface area contributed by atoms with E-state index in [1.807, 2.05) is 19.1 Å². The van der Waals surface area contributed by atoms with Crippen LogP contribution in [-0.4, -0.2) is 17.0 Å². The first-order valence-electron chi connectivity index (χ1n) is 8.97. The van der Waals surface area contributed by atoms with Crippen LogP contribution in [-0.2, 0) is 6.54 Å². The largest absolute Gasteiger partial charge is 0.289 e. The second-order valence-corrected chi connectivity index (χ2v) is 7.19. The Balaban J connectivity index is 1.62. The number of hydrogen-bond donors (Lipinski definition) is 0. The Bertz CT molecular complexity index is 750. The summed E-state index contributed by atoms with van der Waals surface area (Å²) in [6, 6.07) is 17.3. The summed E-state index contributed by atoms with van der Waals surface area (Å²) >= 11 is 0. The SMILES string of the molecule is Cc1ccc(C2=CC3CCCC(C2)N3Cc2ccccc2)c(F)c1. The van der Waals surface area contributed by atoms with Crippen LogP contribution in [0.25, 0.3) is 5.57 Å². The van der Waals surface area contributed by atoms with Gasteiger partial charge in [0.15, 0.2) is 0 Å². The van der Waals surface area contributed by atoms with Gasteiger partial charge in [-0.05, 0) is 49.0 Å². The van der Waals surface area contributed by atoms with Crippen molar-refractivity contribution in [3.63, 3.8) is 0 Å². The third-order valence-corrected chi connectivity index (χ3v) is 5.46. The highest BCUT2D eigenvalue weighted by Gasteiger charge is 2.34. The maximum absolute atomic E-state index is 14.4. The van der Waals surface area contributed by atoms with Crippen molar-refractivity contribution in [2.24, 2.45) is 0 Å². The smallest absolute Gasteiger partial charge is 0.130 e. The molecule has 1 nitrogen and oxygen atoms in total. The molecule has 0 aliphatic carbocycles. The van der Waals surface area contributed by atoms with E-state index >= 15 is 0 Å². The Labute approximate surface area is 143 Å². The van der Waals surface area contributed by atoms with Crippen LogP contribution in [0.4, 0.5) is 4.39 Å². The summed E-state index contributed by atoms with van der Waals surface area (Å²) < 4.78 is 14.4. The Morgan fingerprint density at radius 2 is 1.92 bits per heavy atom. The van der Waals surface area contributed by atoms with Gasteiger partial charge in [0.05, 0.1) is 0 Å². The average molecular weight is 321 g/mol. The molecule has 124 valence electrons. The van der Waals surface area contributed by atoms with Crippen molar-refractivity contribution in [3.8, 4) is 0 Å². The van der Waals surface area contributed by atoms with Gasteiger partial charge in [-0.25, -0.2) is 4.39 Å². The fourth-order valence-electron chi connectivity index (χ4n) is 4.24. The summed E-state index contributed by atoms with van der Waals surface area (Å²) in [5, 5.41) is 0. The van der Waals surface area contributed by atoms with E-state index in [9.17, 15) is 4.39 Å². The van der Waals surface area contributed by atoms with Crippen LogP contribution in [0.15, 0.2) is 54.6 Å². The molecule has 4 rings (SSSR count). The van der Waals surface area contributed by atoms with Gasteiger partial charge in [0.2, 0.25) is 0 Å². The zero-order valence-electron chi connectivity index (χ0n) is 14.2. The first kappa shape index (κ1) is 15.6. The van der Waals surface area contributed by atoms with E-state index in [1.165, 1.54) is 30.4 Å². The molecule has 2 aliphatic heterocycles. The Morgan fingerprint density at radius 1 is 1.08 bits per heavy atom. The van der Waals surface area contributed by atoms with Crippen LogP contribution in [0, 0.1) is 12.7 Å². The zero-order valence-corrected chi connectivity index (χ0v) is 14.2. The Morgan fingerprint density at radius 3 is 2.67 bits per heavy atom. The third-order valence-electron chi connectivity index (χ3n) is 5.46. The topological polar surface area (TPSA) is 3.24 Å². The molecule has 2 aromatic rings. The van der Waals surface area contributed by atoms with Gasteiger partial charge in [-0.3, -0.25) is 4.90 Å². The summed E-state index contributed by atoms with van der Waals surface area (Å²) in [5.41, 5.74) is 4.36. The molecule has 0 saturated carbocycles. The summed E-state index contributed by atoms with van der Waals surface area (Å²) in [5.74, 6) is -0.0733. The molecule has 2 heterocycles. The normalized spacial score (nSPS) is 23.8. The molecule has 2 atom stereocenters. The molecule has 2 unspecified atom stereocenters. The lowest BCUT2D eigenvalue weighted by molar-refractivity contribution is 0.0950. The average Bonchev–Trinajstić information content (AvgIpc) is 2.56. The van der Waals surface area contributed by atoms with Crippen LogP contribution < -0.4 is 0 Å². The highest BCUT2D eigenvalue weighted by Crippen LogP contribution is 2.38. The number of hydrogen-bond acceptors (Lipinski definition) is 1. The molecular weight excluding hydrogens is 297 g/mol. The molecule has 1 fully saturated rings. The highest BCUT2D eigenvalue weighted by atomic mass is 19.1. The first-order chi connectivity index (χ1) is 11.7. The minimum absolute atomic E-state index is 0.0733. The standard InChI is InChI=1S/C22H24FN/c1-16-10-11-21(22(23)12-16)18-13-19-8-5-9-20(14-18)24(19)15-17-6-3-2-4-7-17/h2-4,6-7,10-13,19-20H,5,8-9,14-15H2,1H3. The van der Waals surface area contributed by atoms with Gasteiger partial charge in [0.25, 0.3) is 0 Å². The van der Waals surface area contributed by atoms with Crippen LogP contribution in [0.3, 0.4) is 0 Å². The number of halogens is 1. The van der Waals surface area contributed by atoms with Crippen LogP contribution in [0.2, 0.25) is 0 Å². The van der Waals surface area contributed by atoms with E-state index in [2.05, 4.69) is 41.3 Å². The fourth-order valence-corrected chi connectivity index (χ4v) is 4.24. The number of benzene rings is 2. The molecule has 1 saturated heterocycles. The van der Waals surface area contributed by atoms with Gasteiger partial charge in [0, 0.05) is 24.2 Å². The number of piperidine rings is 1. The zero-order chi connectivity index (χ0) is 16.5. The van der Waals surface area contributed by atoms with Gasteiger partial charge in [0.1, 0.15) is 5.82 Å². The second-order valence-electron chi connectivity index (χ2n) is 7.19. The molecule has 2 bridgehead atoms. The monoisotopic (exact) mass is 321 g/mol. The van der Waals surface area contributed by atoms with E-state index in [4.69, 9.17) is 0 Å². The van der Waals surface area contributed by atoms with Crippen molar-refractivity contribution in [3.05, 3.63) is 77.1 Å². The van der Waals surface area contributed by atoms with E-state index in [0.29, 0.717) is 12.1 Å². The summed E-state index contributed by atoms with van der Waals surface area (Å²) in [4.78, 5) is 2.62. The molecule has 0 aromatic heterocycles. The first-order valence-corrected chi connectivity index (χ1v) is 8.97. The lowest BCUT2D eigenvalue weighted by Gasteiger charge is -2.45. The Hall–Kier alpha value is -1.93. The van der Waals surface area contributed by atoms with Gasteiger partial charge in [-0.15, -0.1) is 0 Å². The highest BCUT2D eigenvalue weighted by molar-refractivity contribution is 5.68. The van der Waals surface area contributed by atoms with E-state index in [-0.39, 0.29) is 5.82 Å². The molecule has 0 N–H and O–H groups in total. The number of aryl methyl sites for hydroxylation is 1. The Kier molecular flexibility index (Phi) is 4.24. The van der Waals surface area contributed by atoms with Gasteiger partial charge < -0.3 is 0 Å². The maximum Gasteiger partial charge on any atom is 0.130 e. The molecule has 2 aliphatic rings. The van der Waals surface area contributed by atoms with Crippen LogP contribution in [0.1, 0.15) is 42.4 Å². The molecule has 2 heteroatoms. The second kappa shape index (κ2) is 6.52. The molecule has 0 radical (unpaired) electrons. The van der Waals surface area contributed by atoms with Crippen molar-refractivity contribution in [1.29, 1.82) is 0 Å². The van der Waals surface area contributed by atoms with Crippen LogP contribution >= 0.6 is 0 Å². The van der Waals surface area contributed by atoms with Crippen LogP contribution in [0.5, 0.6) is 0 Å². The molecule has 24 heavy (non-hydrogen) atoms. The van der Waals surface area contributed by atoms with Crippen molar-refractivity contribution >= 4 is 5.57 Å². The quantitative estimate of drug-likeness (QED) is 0.737. The van der Waals surface area contributed by atoms with E-state index < -0.39 is 0 Å². The van der Waals surface area contributed by atoms with E-state index in [0.717, 1.165) is 24.1 Å². The third kappa shape index (κ3) is 3.03. The van der Waals surface area contributed by atoms with Crippen molar-refractivity contribution in [2.75, 3.05) is 0 Å². The fraction of sp³-hybridized carbons (Fsp3) is 0.364. The van der Waals surface area contributed by atoms with Crippen molar-refractivity contribution in [2.45, 2.75) is 51.2 Å². The van der Waals surface area contributed by atoms with Crippen molar-refractivity contribution in [1.82, 2.24) is 4.90 Å². The molecule has 0 amide bonds. The predicted molar refractivity (Wildman–Crippen MR) is 97.1 cm³/mol. The minimum atomic E-state index is -0.0733. The minimum Gasteiger partial charge on any atom is -0.289 e. The lowest BCUT2D eigenvalue weighted by atomic mass is 9.82. The lowest BCUT2D eigenvalue weighted by Crippen LogP contribution is -2.47. The van der Waals surface area contributed by atoms with Gasteiger partial charge in [-0.2, -0.15) is 0 Å². The van der Waals surface area contributed by atoms with Gasteiger partial charge >= 0.3 is 0 Å². The number of nitrogens with zero attached hydrogens (tertiary/aromatic N) is 1. The number of fused-ring (bicyclic) bond motifs is 2. The van der Waals surface area contributed by atoms with Gasteiger partial charge in [-0.1, -0.05) is 55.0 Å². The number of rotatable bonds is 3. The summed E-state index contributed by atoms with van der Waals surface area (Å²) in [6.07, 6.45) is 6.96. The van der Waals surface area contributed by atoms with E-state index in [1.54, 1.807) is 6.07 Å². The molecular formula is C22H24FN. The molecule has 2 aromatic carbocycles.